The minimum Gasteiger partial charge on any atom is -0.481 e. The van der Waals surface area contributed by atoms with E-state index in [9.17, 15) is 0 Å². The average molecular weight is 343 g/mol. The van der Waals surface area contributed by atoms with Crippen molar-refractivity contribution in [3.8, 4) is 5.88 Å². The van der Waals surface area contributed by atoms with E-state index in [2.05, 4.69) is 24.8 Å². The number of piperazine rings is 1. The van der Waals surface area contributed by atoms with E-state index in [1.807, 2.05) is 6.20 Å². The smallest absolute Gasteiger partial charge is 0.228 e. The monoisotopic (exact) mass is 342 g/mol. The molecule has 9 heteroatoms. The number of nitrogen functional groups attached to an aromatic ring is 1. The second kappa shape index (κ2) is 7.57. The predicted molar refractivity (Wildman–Crippen MR) is 89.8 cm³/mol. The highest BCUT2D eigenvalue weighted by Crippen LogP contribution is 2.19. The normalized spacial score (nSPS) is 15.4. The maximum atomic E-state index is 5.66. The Morgan fingerprint density at radius 2 is 2.05 bits per heavy atom. The lowest BCUT2D eigenvalue weighted by molar-refractivity contribution is 0.250. The number of thiazole rings is 1. The van der Waals surface area contributed by atoms with Crippen LogP contribution in [-0.2, 0) is 6.54 Å². The fourth-order valence-electron chi connectivity index (χ4n) is 2.32. The highest BCUT2D eigenvalue weighted by Gasteiger charge is 2.19. The van der Waals surface area contributed by atoms with E-state index in [1.54, 1.807) is 30.7 Å². The molecule has 0 spiro atoms. The maximum Gasteiger partial charge on any atom is 0.228 e. The summed E-state index contributed by atoms with van der Waals surface area (Å²) in [6, 6.07) is 1.76. The topological polar surface area (TPSA) is 80.4 Å². The zero-order valence-electron chi connectivity index (χ0n) is 12.3. The summed E-state index contributed by atoms with van der Waals surface area (Å²) in [7, 11) is 1.62. The van der Waals surface area contributed by atoms with Gasteiger partial charge in [-0.25, -0.2) is 9.97 Å². The molecule has 1 aliphatic rings. The third-order valence-corrected chi connectivity index (χ3v) is 4.24. The summed E-state index contributed by atoms with van der Waals surface area (Å²) in [6.07, 6.45) is 3.59. The number of rotatable bonds is 4. The quantitative estimate of drug-likeness (QED) is 0.896. The van der Waals surface area contributed by atoms with Crippen molar-refractivity contribution in [2.75, 3.05) is 43.9 Å². The number of nitrogens with two attached hydrogens (primary N) is 1. The summed E-state index contributed by atoms with van der Waals surface area (Å²) >= 11 is 1.55. The van der Waals surface area contributed by atoms with Crippen LogP contribution in [0.2, 0.25) is 0 Å². The van der Waals surface area contributed by atoms with Gasteiger partial charge in [0.2, 0.25) is 11.8 Å². The van der Waals surface area contributed by atoms with Gasteiger partial charge in [-0.05, 0) is 0 Å². The molecule has 0 radical (unpaired) electrons. The Labute approximate surface area is 139 Å². The molecule has 3 heterocycles. The van der Waals surface area contributed by atoms with Gasteiger partial charge in [-0.2, -0.15) is 4.98 Å². The van der Waals surface area contributed by atoms with E-state index in [0.717, 1.165) is 38.7 Å². The second-order valence-electron chi connectivity index (χ2n) is 4.83. The highest BCUT2D eigenvalue weighted by molar-refractivity contribution is 7.15. The van der Waals surface area contributed by atoms with E-state index in [1.165, 1.54) is 4.88 Å². The van der Waals surface area contributed by atoms with Gasteiger partial charge < -0.3 is 15.4 Å². The molecule has 3 rings (SSSR count). The number of halogens is 1. The van der Waals surface area contributed by atoms with Gasteiger partial charge in [0.1, 0.15) is 0 Å². The molecule has 7 nitrogen and oxygen atoms in total. The molecule has 120 valence electrons. The van der Waals surface area contributed by atoms with Crippen LogP contribution in [0.25, 0.3) is 0 Å². The van der Waals surface area contributed by atoms with Gasteiger partial charge in [0.15, 0.2) is 5.13 Å². The number of hydrogen-bond donors (Lipinski definition) is 1. The molecule has 2 aromatic heterocycles. The average Bonchev–Trinajstić information content (AvgIpc) is 2.93. The summed E-state index contributed by atoms with van der Waals surface area (Å²) in [5.74, 6) is 1.33. The van der Waals surface area contributed by atoms with Crippen LogP contribution < -0.4 is 15.4 Å². The van der Waals surface area contributed by atoms with E-state index in [0.29, 0.717) is 11.0 Å². The molecular weight excluding hydrogens is 324 g/mol. The van der Waals surface area contributed by atoms with Crippen LogP contribution in [0.5, 0.6) is 5.88 Å². The first-order valence-corrected chi connectivity index (χ1v) is 7.61. The minimum absolute atomic E-state index is 0. The lowest BCUT2D eigenvalue weighted by Gasteiger charge is -2.34. The fraction of sp³-hybridized carbons (Fsp3) is 0.462. The van der Waals surface area contributed by atoms with Crippen LogP contribution in [0.4, 0.5) is 11.1 Å². The zero-order valence-corrected chi connectivity index (χ0v) is 13.9. The molecule has 1 aliphatic heterocycles. The Morgan fingerprint density at radius 1 is 1.27 bits per heavy atom. The Kier molecular flexibility index (Phi) is 5.76. The SMILES string of the molecule is COc1ccnc(N2CCN(Cc3cnc(N)s3)CC2)n1.Cl. The largest absolute Gasteiger partial charge is 0.481 e. The van der Waals surface area contributed by atoms with Crippen molar-refractivity contribution in [1.82, 2.24) is 19.9 Å². The number of ether oxygens (including phenoxy) is 1. The molecule has 1 saturated heterocycles. The Hall–Kier alpha value is -1.64. The van der Waals surface area contributed by atoms with E-state index < -0.39 is 0 Å². The van der Waals surface area contributed by atoms with Crippen molar-refractivity contribution < 1.29 is 4.74 Å². The zero-order chi connectivity index (χ0) is 14.7. The summed E-state index contributed by atoms with van der Waals surface area (Å²) in [5.41, 5.74) is 5.66. The van der Waals surface area contributed by atoms with Crippen molar-refractivity contribution in [3.63, 3.8) is 0 Å². The van der Waals surface area contributed by atoms with Crippen LogP contribution in [0.15, 0.2) is 18.5 Å². The van der Waals surface area contributed by atoms with Gasteiger partial charge in [0.05, 0.1) is 7.11 Å². The first-order chi connectivity index (χ1) is 10.2. The molecule has 0 amide bonds. The lowest BCUT2D eigenvalue weighted by atomic mass is 10.3. The molecule has 0 bridgehead atoms. The van der Waals surface area contributed by atoms with Gasteiger partial charge in [0.25, 0.3) is 0 Å². The summed E-state index contributed by atoms with van der Waals surface area (Å²) in [5, 5.41) is 0.633. The number of hydrogen-bond acceptors (Lipinski definition) is 8. The van der Waals surface area contributed by atoms with Crippen LogP contribution >= 0.6 is 23.7 Å². The molecule has 0 unspecified atom stereocenters. The van der Waals surface area contributed by atoms with Crippen molar-refractivity contribution in [2.24, 2.45) is 0 Å². The Balaban J connectivity index is 0.00000176. The summed E-state index contributed by atoms with van der Waals surface area (Å²) in [6.45, 7) is 4.65. The Morgan fingerprint density at radius 3 is 2.68 bits per heavy atom. The number of methoxy groups -OCH3 is 1. The van der Waals surface area contributed by atoms with Crippen molar-refractivity contribution >= 4 is 34.8 Å². The number of nitrogens with zero attached hydrogens (tertiary/aromatic N) is 5. The van der Waals surface area contributed by atoms with Crippen LogP contribution in [0.1, 0.15) is 4.88 Å². The Bertz CT molecular complexity index is 602. The van der Waals surface area contributed by atoms with Gasteiger partial charge in [0, 0.05) is 56.1 Å². The predicted octanol–water partition coefficient (Wildman–Crippen LogP) is 1.27. The molecule has 0 atom stereocenters. The first kappa shape index (κ1) is 16.7. The van der Waals surface area contributed by atoms with E-state index >= 15 is 0 Å². The molecule has 0 aliphatic carbocycles. The van der Waals surface area contributed by atoms with Crippen molar-refractivity contribution in [2.45, 2.75) is 6.54 Å². The molecular formula is C13H19ClN6OS. The first-order valence-electron chi connectivity index (χ1n) is 6.79. The van der Waals surface area contributed by atoms with E-state index in [-0.39, 0.29) is 12.4 Å². The molecule has 22 heavy (non-hydrogen) atoms. The van der Waals surface area contributed by atoms with Crippen LogP contribution in [-0.4, -0.2) is 53.1 Å². The molecule has 1 fully saturated rings. The number of anilines is 2. The molecule has 0 saturated carbocycles. The second-order valence-corrected chi connectivity index (χ2v) is 5.97. The number of aromatic nitrogens is 3. The van der Waals surface area contributed by atoms with Crippen LogP contribution in [0.3, 0.4) is 0 Å². The molecule has 2 aromatic rings. The third-order valence-electron chi connectivity index (χ3n) is 3.43. The van der Waals surface area contributed by atoms with Crippen molar-refractivity contribution in [3.05, 3.63) is 23.3 Å². The lowest BCUT2D eigenvalue weighted by Crippen LogP contribution is -2.46. The molecule has 0 aromatic carbocycles. The van der Waals surface area contributed by atoms with Gasteiger partial charge in [-0.3, -0.25) is 4.90 Å². The standard InChI is InChI=1S/C13H18N6OS.ClH/c1-20-11-2-3-15-13(17-11)19-6-4-18(5-7-19)9-10-8-16-12(14)21-10;/h2-3,8H,4-7,9H2,1H3,(H2,14,16);1H. The minimum atomic E-state index is 0. The maximum absolute atomic E-state index is 5.66. The van der Waals surface area contributed by atoms with E-state index in [4.69, 9.17) is 10.5 Å². The van der Waals surface area contributed by atoms with Gasteiger partial charge >= 0.3 is 0 Å². The van der Waals surface area contributed by atoms with Gasteiger partial charge in [-0.1, -0.05) is 0 Å². The molecule has 2 N–H and O–H groups in total. The summed E-state index contributed by atoms with van der Waals surface area (Å²) in [4.78, 5) is 18.6. The third kappa shape index (κ3) is 3.96. The van der Waals surface area contributed by atoms with Crippen LogP contribution in [0, 0.1) is 0 Å². The highest BCUT2D eigenvalue weighted by atomic mass is 35.5. The van der Waals surface area contributed by atoms with Gasteiger partial charge in [-0.15, -0.1) is 23.7 Å². The summed E-state index contributed by atoms with van der Waals surface area (Å²) < 4.78 is 5.14. The fourth-order valence-corrected chi connectivity index (χ4v) is 3.05. The van der Waals surface area contributed by atoms with Crippen molar-refractivity contribution in [1.29, 1.82) is 0 Å².